The number of methoxy groups -OCH3 is 1. The van der Waals surface area contributed by atoms with Gasteiger partial charge < -0.3 is 9.30 Å². The molecule has 1 aromatic heterocycles. The lowest BCUT2D eigenvalue weighted by atomic mass is 9.94. The van der Waals surface area contributed by atoms with Crippen molar-refractivity contribution >= 4 is 16.9 Å². The summed E-state index contributed by atoms with van der Waals surface area (Å²) >= 11 is 0. The second-order valence-electron chi connectivity index (χ2n) is 6.94. The Morgan fingerprint density at radius 2 is 1.85 bits per heavy atom. The van der Waals surface area contributed by atoms with Gasteiger partial charge in [-0.15, -0.1) is 0 Å². The van der Waals surface area contributed by atoms with E-state index in [1.807, 2.05) is 6.07 Å². The second-order valence-corrected chi connectivity index (χ2v) is 6.94. The Kier molecular flexibility index (Phi) is 4.51. The summed E-state index contributed by atoms with van der Waals surface area (Å²) in [6.07, 6.45) is 1.38. The van der Waals surface area contributed by atoms with E-state index in [0.29, 0.717) is 6.42 Å². The van der Waals surface area contributed by atoms with E-state index in [2.05, 4.69) is 65.0 Å². The van der Waals surface area contributed by atoms with Crippen molar-refractivity contribution in [2.24, 2.45) is 7.05 Å². The zero-order valence-corrected chi connectivity index (χ0v) is 15.3. The fourth-order valence-electron chi connectivity index (χ4n) is 4.24. The molecule has 0 saturated carbocycles. The Bertz CT molecular complexity index is 930. The molecule has 1 unspecified atom stereocenters. The molecule has 1 aliphatic rings. The number of aryl methyl sites for hydroxylation is 1. The summed E-state index contributed by atoms with van der Waals surface area (Å²) in [6, 6.07) is 19.0. The number of para-hydroxylation sites is 1. The number of rotatable bonds is 4. The summed E-state index contributed by atoms with van der Waals surface area (Å²) in [5.41, 5.74) is 5.12. The zero-order valence-electron chi connectivity index (χ0n) is 15.3. The van der Waals surface area contributed by atoms with E-state index < -0.39 is 0 Å². The van der Waals surface area contributed by atoms with Gasteiger partial charge in [0.25, 0.3) is 0 Å². The molecule has 0 saturated heterocycles. The van der Waals surface area contributed by atoms with Crippen LogP contribution in [0.3, 0.4) is 0 Å². The minimum Gasteiger partial charge on any atom is -0.469 e. The predicted molar refractivity (Wildman–Crippen MR) is 103 cm³/mol. The average molecular weight is 348 g/mol. The van der Waals surface area contributed by atoms with Crippen LogP contribution in [0, 0.1) is 0 Å². The molecule has 3 aromatic rings. The standard InChI is InChI=1S/C22H24N2O2/c1-23-19-11-7-6-10-17(19)18-12-13-24(15-16-8-4-3-5-9-16)20(22(18)23)14-21(25)26-2/h3-11,20H,12-15H2,1-2H3. The molecule has 0 radical (unpaired) electrons. The van der Waals surface area contributed by atoms with Crippen molar-refractivity contribution in [2.75, 3.05) is 13.7 Å². The average Bonchev–Trinajstić information content (AvgIpc) is 2.97. The third-order valence-electron chi connectivity index (χ3n) is 5.48. The maximum atomic E-state index is 12.2. The fourth-order valence-corrected chi connectivity index (χ4v) is 4.24. The van der Waals surface area contributed by atoms with Crippen molar-refractivity contribution in [2.45, 2.75) is 25.4 Å². The zero-order chi connectivity index (χ0) is 18.1. The van der Waals surface area contributed by atoms with Crippen LogP contribution >= 0.6 is 0 Å². The molecular weight excluding hydrogens is 324 g/mol. The Hall–Kier alpha value is -2.59. The number of fused-ring (bicyclic) bond motifs is 3. The van der Waals surface area contributed by atoms with Gasteiger partial charge in [-0.1, -0.05) is 48.5 Å². The Labute approximate surface area is 154 Å². The number of hydrogen-bond acceptors (Lipinski definition) is 3. The van der Waals surface area contributed by atoms with Gasteiger partial charge in [-0.2, -0.15) is 0 Å². The monoisotopic (exact) mass is 348 g/mol. The molecule has 134 valence electrons. The van der Waals surface area contributed by atoms with Gasteiger partial charge >= 0.3 is 5.97 Å². The molecule has 2 aromatic carbocycles. The molecule has 1 atom stereocenters. The molecule has 4 rings (SSSR count). The summed E-state index contributed by atoms with van der Waals surface area (Å²) in [7, 11) is 3.58. The largest absolute Gasteiger partial charge is 0.469 e. The second kappa shape index (κ2) is 6.96. The van der Waals surface area contributed by atoms with Crippen LogP contribution in [0.25, 0.3) is 10.9 Å². The van der Waals surface area contributed by atoms with Gasteiger partial charge in [0, 0.05) is 36.7 Å². The first kappa shape index (κ1) is 16.9. The van der Waals surface area contributed by atoms with Gasteiger partial charge in [0.05, 0.1) is 19.6 Å². The molecule has 0 aliphatic carbocycles. The van der Waals surface area contributed by atoms with Crippen LogP contribution in [-0.4, -0.2) is 29.1 Å². The van der Waals surface area contributed by atoms with E-state index in [-0.39, 0.29) is 12.0 Å². The molecule has 0 amide bonds. The van der Waals surface area contributed by atoms with Crippen LogP contribution in [0.4, 0.5) is 0 Å². The van der Waals surface area contributed by atoms with Crippen molar-refractivity contribution in [3.05, 3.63) is 71.4 Å². The normalized spacial score (nSPS) is 17.2. The Morgan fingerprint density at radius 1 is 1.12 bits per heavy atom. The van der Waals surface area contributed by atoms with Crippen molar-refractivity contribution in [3.8, 4) is 0 Å². The van der Waals surface area contributed by atoms with Crippen LogP contribution in [0.1, 0.15) is 29.3 Å². The SMILES string of the molecule is COC(=O)CC1c2c(c3ccccc3n2C)CCN1Cc1ccccc1. The number of ether oxygens (including phenoxy) is 1. The molecule has 1 aliphatic heterocycles. The van der Waals surface area contributed by atoms with E-state index >= 15 is 0 Å². The first-order valence-corrected chi connectivity index (χ1v) is 9.10. The summed E-state index contributed by atoms with van der Waals surface area (Å²) < 4.78 is 7.26. The third-order valence-corrected chi connectivity index (χ3v) is 5.48. The maximum Gasteiger partial charge on any atom is 0.307 e. The smallest absolute Gasteiger partial charge is 0.307 e. The molecule has 4 heteroatoms. The van der Waals surface area contributed by atoms with Gasteiger partial charge in [0.15, 0.2) is 0 Å². The molecule has 0 fully saturated rings. The minimum atomic E-state index is -0.161. The minimum absolute atomic E-state index is 0.0313. The van der Waals surface area contributed by atoms with Crippen LogP contribution < -0.4 is 0 Å². The van der Waals surface area contributed by atoms with Gasteiger partial charge in [-0.25, -0.2) is 0 Å². The number of hydrogen-bond donors (Lipinski definition) is 0. The highest BCUT2D eigenvalue weighted by atomic mass is 16.5. The number of esters is 1. The first-order valence-electron chi connectivity index (χ1n) is 9.10. The maximum absolute atomic E-state index is 12.2. The highest BCUT2D eigenvalue weighted by Crippen LogP contribution is 2.39. The molecule has 0 bridgehead atoms. The van der Waals surface area contributed by atoms with Gasteiger partial charge in [-0.3, -0.25) is 9.69 Å². The number of benzene rings is 2. The lowest BCUT2D eigenvalue weighted by Crippen LogP contribution is -2.37. The van der Waals surface area contributed by atoms with E-state index in [9.17, 15) is 4.79 Å². The van der Waals surface area contributed by atoms with E-state index in [1.165, 1.54) is 34.8 Å². The molecular formula is C22H24N2O2. The number of carbonyl (C=O) groups excluding carboxylic acids is 1. The molecule has 0 spiro atoms. The van der Waals surface area contributed by atoms with Crippen molar-refractivity contribution in [1.29, 1.82) is 0 Å². The number of aromatic nitrogens is 1. The van der Waals surface area contributed by atoms with Crippen molar-refractivity contribution in [3.63, 3.8) is 0 Å². The fraction of sp³-hybridized carbons (Fsp3) is 0.318. The van der Waals surface area contributed by atoms with E-state index in [4.69, 9.17) is 4.74 Å². The van der Waals surface area contributed by atoms with Crippen LogP contribution in [-0.2, 0) is 29.5 Å². The molecule has 2 heterocycles. The number of nitrogens with zero attached hydrogens (tertiary/aromatic N) is 2. The Balaban J connectivity index is 1.77. The lowest BCUT2D eigenvalue weighted by molar-refractivity contribution is -0.142. The summed E-state index contributed by atoms with van der Waals surface area (Å²) in [4.78, 5) is 14.6. The number of carbonyl (C=O) groups is 1. The van der Waals surface area contributed by atoms with Crippen LogP contribution in [0.5, 0.6) is 0 Å². The van der Waals surface area contributed by atoms with Gasteiger partial charge in [0.2, 0.25) is 0 Å². The van der Waals surface area contributed by atoms with Crippen LogP contribution in [0.15, 0.2) is 54.6 Å². The quantitative estimate of drug-likeness (QED) is 0.672. The van der Waals surface area contributed by atoms with E-state index in [1.54, 1.807) is 0 Å². The predicted octanol–water partition coefficient (Wildman–Crippen LogP) is 3.84. The van der Waals surface area contributed by atoms with Gasteiger partial charge in [0.1, 0.15) is 0 Å². The summed E-state index contributed by atoms with van der Waals surface area (Å²) in [5, 5.41) is 1.30. The van der Waals surface area contributed by atoms with E-state index in [0.717, 1.165) is 19.5 Å². The topological polar surface area (TPSA) is 34.5 Å². The third kappa shape index (κ3) is 2.90. The summed E-state index contributed by atoms with van der Waals surface area (Å²) in [6.45, 7) is 1.78. The highest BCUT2D eigenvalue weighted by molar-refractivity contribution is 5.86. The molecule has 26 heavy (non-hydrogen) atoms. The highest BCUT2D eigenvalue weighted by Gasteiger charge is 2.33. The summed E-state index contributed by atoms with van der Waals surface area (Å²) in [5.74, 6) is -0.161. The molecule has 4 nitrogen and oxygen atoms in total. The van der Waals surface area contributed by atoms with Crippen LogP contribution in [0.2, 0.25) is 0 Å². The van der Waals surface area contributed by atoms with Crippen molar-refractivity contribution < 1.29 is 9.53 Å². The van der Waals surface area contributed by atoms with Crippen molar-refractivity contribution in [1.82, 2.24) is 9.47 Å². The first-order chi connectivity index (χ1) is 12.7. The molecule has 0 N–H and O–H groups in total. The van der Waals surface area contributed by atoms with Gasteiger partial charge in [-0.05, 0) is 23.6 Å². The lowest BCUT2D eigenvalue weighted by Gasteiger charge is -2.36. The Morgan fingerprint density at radius 3 is 2.62 bits per heavy atom.